The molecule has 192 valence electrons. The van der Waals surface area contributed by atoms with Crippen molar-refractivity contribution >= 4 is 29.4 Å². The molecule has 1 aromatic carbocycles. The van der Waals surface area contributed by atoms with Crippen LogP contribution in [-0.2, 0) is 16.0 Å². The highest BCUT2D eigenvalue weighted by Gasteiger charge is 2.55. The van der Waals surface area contributed by atoms with Crippen LogP contribution in [0.1, 0.15) is 44.6 Å². The Kier molecular flexibility index (Phi) is 7.76. The predicted octanol–water partition coefficient (Wildman–Crippen LogP) is 3.38. The van der Waals surface area contributed by atoms with Crippen LogP contribution in [0.25, 0.3) is 0 Å². The number of nitrogens with one attached hydrogen (secondary N) is 1. The van der Waals surface area contributed by atoms with Crippen LogP contribution in [0.15, 0.2) is 42.6 Å². The Labute approximate surface area is 212 Å². The van der Waals surface area contributed by atoms with Gasteiger partial charge in [-0.3, -0.25) is 14.5 Å². The molecule has 0 bridgehead atoms. The number of hydrogen-bond acceptors (Lipinski definition) is 6. The number of β-lactam (4-membered cyclic amide) rings is 1. The fourth-order valence-electron chi connectivity index (χ4n) is 5.28. The Bertz CT molecular complexity index is 1100. The highest BCUT2D eigenvalue weighted by Crippen LogP contribution is 2.34. The second-order valence-electron chi connectivity index (χ2n) is 9.78. The number of nitrogens with zero attached hydrogens (tertiary/aromatic N) is 3. The molecule has 0 unspecified atom stereocenters. The number of likely N-dealkylation sites (tertiary alicyclic amines) is 1. The molecule has 9 nitrogen and oxygen atoms in total. The molecule has 1 aliphatic heterocycles. The van der Waals surface area contributed by atoms with Gasteiger partial charge in [0.15, 0.2) is 0 Å². The van der Waals surface area contributed by atoms with Gasteiger partial charge in [-0.25, -0.2) is 9.78 Å². The van der Waals surface area contributed by atoms with E-state index in [1.807, 2.05) is 6.92 Å². The summed E-state index contributed by atoms with van der Waals surface area (Å²) in [6.45, 7) is 1.98. The predicted molar refractivity (Wildman–Crippen MR) is 137 cm³/mol. The van der Waals surface area contributed by atoms with Gasteiger partial charge in [0.25, 0.3) is 5.91 Å². The molecule has 9 heteroatoms. The molecule has 1 aliphatic carbocycles. The van der Waals surface area contributed by atoms with Crippen molar-refractivity contribution in [1.82, 2.24) is 15.2 Å². The smallest absolute Gasteiger partial charge is 0.325 e. The molecule has 1 aromatic heterocycles. The molecule has 2 aliphatic rings. The number of amides is 4. The maximum atomic E-state index is 13.7. The number of nitrogen functional groups attached to an aromatic ring is 1. The first-order valence-corrected chi connectivity index (χ1v) is 12.6. The molecule has 3 atom stereocenters. The van der Waals surface area contributed by atoms with Gasteiger partial charge in [-0.15, -0.1) is 0 Å². The van der Waals surface area contributed by atoms with Crippen LogP contribution in [0.3, 0.4) is 0 Å². The van der Waals surface area contributed by atoms with E-state index in [0.29, 0.717) is 29.6 Å². The maximum Gasteiger partial charge on any atom is 0.325 e. The van der Waals surface area contributed by atoms with Gasteiger partial charge in [0.05, 0.1) is 13.0 Å². The third kappa shape index (κ3) is 5.29. The van der Waals surface area contributed by atoms with Crippen molar-refractivity contribution in [1.29, 1.82) is 0 Å². The summed E-state index contributed by atoms with van der Waals surface area (Å²) in [4.78, 5) is 46.8. The van der Waals surface area contributed by atoms with Crippen LogP contribution in [0.2, 0.25) is 0 Å². The molecule has 2 aromatic rings. The van der Waals surface area contributed by atoms with Crippen LogP contribution in [0.5, 0.6) is 5.75 Å². The SMILES string of the molecule is COc1ccc(N(C)C(=O)[C@@H]2[C@H](Cc3ccnc(N)c3)C(=O)N2C(=O)N[C@H](C)C2CCCCC2)cc1. The quantitative estimate of drug-likeness (QED) is 0.571. The van der Waals surface area contributed by atoms with Crippen LogP contribution in [0.4, 0.5) is 16.3 Å². The van der Waals surface area contributed by atoms with Gasteiger partial charge < -0.3 is 20.7 Å². The summed E-state index contributed by atoms with van der Waals surface area (Å²) in [6.07, 6.45) is 7.51. The number of nitrogens with two attached hydrogens (primary N) is 1. The number of carbonyl (C=O) groups excluding carboxylic acids is 3. The zero-order chi connectivity index (χ0) is 25.8. The molecular formula is C27H35N5O4. The summed E-state index contributed by atoms with van der Waals surface area (Å²) in [5, 5.41) is 3.00. The van der Waals surface area contributed by atoms with Gasteiger partial charge in [-0.1, -0.05) is 19.3 Å². The van der Waals surface area contributed by atoms with Crippen molar-refractivity contribution in [3.05, 3.63) is 48.2 Å². The maximum absolute atomic E-state index is 13.7. The van der Waals surface area contributed by atoms with E-state index in [0.717, 1.165) is 36.1 Å². The van der Waals surface area contributed by atoms with E-state index in [1.165, 1.54) is 11.3 Å². The molecule has 3 N–H and O–H groups in total. The Balaban J connectivity index is 1.55. The Morgan fingerprint density at radius 1 is 1.19 bits per heavy atom. The standard InChI is InChI=1S/C27H35N5O4/c1-17(19-7-5-4-6-8-19)30-27(35)32-24(22(25(32)33)15-18-13-14-29-23(28)16-18)26(34)31(2)20-9-11-21(36-3)12-10-20/h9-14,16-17,19,22,24H,4-8,15H2,1-3H3,(H2,28,29)(H,30,35)/t17-,22+,24+/m1/s1. The van der Waals surface area contributed by atoms with Gasteiger partial charge in [0.1, 0.15) is 17.6 Å². The number of aromatic nitrogens is 1. The van der Waals surface area contributed by atoms with Gasteiger partial charge in [-0.2, -0.15) is 0 Å². The van der Waals surface area contributed by atoms with E-state index in [9.17, 15) is 14.4 Å². The summed E-state index contributed by atoms with van der Waals surface area (Å²) in [5.41, 5.74) is 7.25. The number of likely N-dealkylation sites (N-methyl/N-ethyl adjacent to an activating group) is 1. The molecule has 1 saturated carbocycles. The lowest BCUT2D eigenvalue weighted by Crippen LogP contribution is -2.71. The summed E-state index contributed by atoms with van der Waals surface area (Å²) < 4.78 is 5.21. The lowest BCUT2D eigenvalue weighted by atomic mass is 9.81. The van der Waals surface area contributed by atoms with Crippen molar-refractivity contribution in [2.24, 2.45) is 11.8 Å². The molecule has 36 heavy (non-hydrogen) atoms. The van der Waals surface area contributed by atoms with E-state index in [2.05, 4.69) is 10.3 Å². The van der Waals surface area contributed by atoms with Crippen LogP contribution in [-0.4, -0.2) is 54.0 Å². The largest absolute Gasteiger partial charge is 0.497 e. The van der Waals surface area contributed by atoms with Crippen LogP contribution in [0, 0.1) is 11.8 Å². The number of pyridine rings is 1. The second kappa shape index (κ2) is 11.0. The fourth-order valence-corrected chi connectivity index (χ4v) is 5.28. The first kappa shape index (κ1) is 25.5. The summed E-state index contributed by atoms with van der Waals surface area (Å²) >= 11 is 0. The van der Waals surface area contributed by atoms with E-state index < -0.39 is 18.0 Å². The lowest BCUT2D eigenvalue weighted by Gasteiger charge is -2.46. The molecule has 4 amide bonds. The van der Waals surface area contributed by atoms with Gasteiger partial charge in [-0.05, 0) is 74.1 Å². The van der Waals surface area contributed by atoms with Crippen molar-refractivity contribution in [2.45, 2.75) is 57.5 Å². The first-order chi connectivity index (χ1) is 17.3. The Morgan fingerprint density at radius 3 is 2.53 bits per heavy atom. The number of hydrogen-bond donors (Lipinski definition) is 2. The molecule has 1 saturated heterocycles. The number of methoxy groups -OCH3 is 1. The number of urea groups is 1. The topological polar surface area (TPSA) is 118 Å². The number of ether oxygens (including phenoxy) is 1. The van der Waals surface area contributed by atoms with Gasteiger partial charge in [0, 0.05) is 25.0 Å². The molecule has 0 spiro atoms. The van der Waals surface area contributed by atoms with E-state index in [4.69, 9.17) is 10.5 Å². The highest BCUT2D eigenvalue weighted by molar-refractivity contribution is 6.12. The molecule has 2 heterocycles. The average molecular weight is 494 g/mol. The summed E-state index contributed by atoms with van der Waals surface area (Å²) in [5.74, 6) is 0.0340. The van der Waals surface area contributed by atoms with Crippen molar-refractivity contribution in [2.75, 3.05) is 24.8 Å². The highest BCUT2D eigenvalue weighted by atomic mass is 16.5. The first-order valence-electron chi connectivity index (χ1n) is 12.6. The third-order valence-electron chi connectivity index (χ3n) is 7.49. The number of anilines is 2. The fraction of sp³-hybridized carbons (Fsp3) is 0.481. The van der Waals surface area contributed by atoms with Gasteiger partial charge >= 0.3 is 6.03 Å². The van der Waals surface area contributed by atoms with E-state index in [1.54, 1.807) is 56.8 Å². The minimum absolute atomic E-state index is 0.0697. The minimum atomic E-state index is -0.919. The Hall–Kier alpha value is -3.62. The van der Waals surface area contributed by atoms with Crippen molar-refractivity contribution < 1.29 is 19.1 Å². The number of imide groups is 1. The number of benzene rings is 1. The van der Waals surface area contributed by atoms with E-state index >= 15 is 0 Å². The third-order valence-corrected chi connectivity index (χ3v) is 7.49. The monoisotopic (exact) mass is 493 g/mol. The average Bonchev–Trinajstić information content (AvgIpc) is 2.89. The van der Waals surface area contributed by atoms with Crippen LogP contribution < -0.4 is 20.7 Å². The van der Waals surface area contributed by atoms with Crippen molar-refractivity contribution in [3.8, 4) is 5.75 Å². The minimum Gasteiger partial charge on any atom is -0.497 e. The van der Waals surface area contributed by atoms with Crippen molar-refractivity contribution in [3.63, 3.8) is 0 Å². The zero-order valence-corrected chi connectivity index (χ0v) is 21.1. The summed E-state index contributed by atoms with van der Waals surface area (Å²) in [7, 11) is 3.22. The Morgan fingerprint density at radius 2 is 1.89 bits per heavy atom. The molecule has 4 rings (SSSR count). The lowest BCUT2D eigenvalue weighted by molar-refractivity contribution is -0.156. The van der Waals surface area contributed by atoms with Crippen LogP contribution >= 0.6 is 0 Å². The molecular weight excluding hydrogens is 458 g/mol. The normalized spacial score (nSPS) is 20.9. The van der Waals surface area contributed by atoms with E-state index in [-0.39, 0.29) is 17.9 Å². The zero-order valence-electron chi connectivity index (χ0n) is 21.1. The van der Waals surface area contributed by atoms with Gasteiger partial charge in [0.2, 0.25) is 5.91 Å². The summed E-state index contributed by atoms with van der Waals surface area (Å²) in [6, 6.07) is 9.03. The molecule has 0 radical (unpaired) electrons. The second-order valence-corrected chi connectivity index (χ2v) is 9.78. The molecule has 2 fully saturated rings. The number of carbonyl (C=O) groups is 3. The number of rotatable bonds is 7.